The number of nitrogens with one attached hydrogen (secondary N) is 3. The Labute approximate surface area is 137 Å². The first-order chi connectivity index (χ1) is 11.0. The summed E-state index contributed by atoms with van der Waals surface area (Å²) in [6, 6.07) is 2.04. The van der Waals surface area contributed by atoms with E-state index < -0.39 is 5.41 Å². The van der Waals surface area contributed by atoms with Crippen LogP contribution in [0.4, 0.5) is 0 Å². The van der Waals surface area contributed by atoms with E-state index in [1.165, 1.54) is 6.04 Å². The summed E-state index contributed by atoms with van der Waals surface area (Å²) in [7, 11) is 3.65. The number of piperidine rings is 2. The first kappa shape index (κ1) is 15.4. The Hall–Kier alpha value is -1.14. The molecule has 5 aliphatic rings. The highest BCUT2D eigenvalue weighted by molar-refractivity contribution is 5.87. The van der Waals surface area contributed by atoms with E-state index in [4.69, 9.17) is 0 Å². The topological polar surface area (TPSA) is 73.5 Å². The molecule has 0 aliphatic carbocycles. The van der Waals surface area contributed by atoms with Crippen molar-refractivity contribution in [2.24, 2.45) is 17.3 Å². The van der Waals surface area contributed by atoms with Crippen LogP contribution in [0.15, 0.2) is 0 Å². The van der Waals surface area contributed by atoms with E-state index in [0.29, 0.717) is 25.2 Å². The molecular formula is C17H27N4O2. The maximum atomic E-state index is 13.0. The predicted octanol–water partition coefficient (Wildman–Crippen LogP) is -0.137. The molecule has 6 nitrogen and oxygen atoms in total. The highest BCUT2D eigenvalue weighted by Crippen LogP contribution is 2.52. The van der Waals surface area contributed by atoms with Gasteiger partial charge >= 0.3 is 0 Å². The van der Waals surface area contributed by atoms with Crippen LogP contribution >= 0.6 is 0 Å². The third kappa shape index (κ3) is 2.30. The summed E-state index contributed by atoms with van der Waals surface area (Å²) in [4.78, 5) is 27.6. The number of carbonyl (C=O) groups excluding carboxylic acids is 2. The van der Waals surface area contributed by atoms with E-state index in [1.54, 1.807) is 4.90 Å². The Morgan fingerprint density at radius 2 is 2.09 bits per heavy atom. The van der Waals surface area contributed by atoms with Crippen LogP contribution in [-0.4, -0.2) is 56.0 Å². The molecule has 5 rings (SSSR count). The van der Waals surface area contributed by atoms with Gasteiger partial charge in [0, 0.05) is 57.1 Å². The second-order valence-electron chi connectivity index (χ2n) is 7.94. The van der Waals surface area contributed by atoms with Gasteiger partial charge in [0.1, 0.15) is 0 Å². The number of nitrogens with zero attached hydrogens (tertiary/aromatic N) is 1. The summed E-state index contributed by atoms with van der Waals surface area (Å²) in [6.45, 7) is 1.41. The molecule has 23 heavy (non-hydrogen) atoms. The largest absolute Gasteiger partial charge is 0.354 e. The first-order valence-corrected chi connectivity index (χ1v) is 8.86. The second-order valence-corrected chi connectivity index (χ2v) is 7.94. The summed E-state index contributed by atoms with van der Waals surface area (Å²) >= 11 is 0. The lowest BCUT2D eigenvalue weighted by Gasteiger charge is -2.49. The molecule has 3 N–H and O–H groups in total. The fourth-order valence-electron chi connectivity index (χ4n) is 5.25. The van der Waals surface area contributed by atoms with E-state index in [9.17, 15) is 9.59 Å². The van der Waals surface area contributed by atoms with Gasteiger partial charge in [-0.25, -0.2) is 0 Å². The summed E-state index contributed by atoms with van der Waals surface area (Å²) in [5, 5.41) is 10.3. The number of rotatable bonds is 2. The van der Waals surface area contributed by atoms with Crippen LogP contribution in [0.3, 0.4) is 0 Å². The molecule has 0 aromatic rings. The molecule has 0 saturated carbocycles. The number of hydrogen-bond donors (Lipinski definition) is 3. The van der Waals surface area contributed by atoms with Crippen molar-refractivity contribution in [2.75, 3.05) is 27.2 Å². The van der Waals surface area contributed by atoms with Crippen molar-refractivity contribution in [3.8, 4) is 0 Å². The highest BCUT2D eigenvalue weighted by atomic mass is 16.2. The Balaban J connectivity index is 1.73. The van der Waals surface area contributed by atoms with Crippen molar-refractivity contribution in [3.05, 3.63) is 6.04 Å². The predicted molar refractivity (Wildman–Crippen MR) is 86.2 cm³/mol. The van der Waals surface area contributed by atoms with Gasteiger partial charge < -0.3 is 20.9 Å². The average Bonchev–Trinajstić information content (AvgIpc) is 2.75. The Bertz CT molecular complexity index is 513. The van der Waals surface area contributed by atoms with E-state index in [-0.39, 0.29) is 23.7 Å². The van der Waals surface area contributed by atoms with Crippen LogP contribution in [-0.2, 0) is 9.59 Å². The maximum absolute atomic E-state index is 13.0. The summed E-state index contributed by atoms with van der Waals surface area (Å²) in [6.07, 6.45) is 4.84. The number of amides is 2. The molecular weight excluding hydrogens is 292 g/mol. The number of carbonyl (C=O) groups is 2. The fourth-order valence-corrected chi connectivity index (χ4v) is 5.25. The molecule has 0 aromatic carbocycles. The van der Waals surface area contributed by atoms with Gasteiger partial charge in [-0.1, -0.05) is 0 Å². The van der Waals surface area contributed by atoms with E-state index in [2.05, 4.69) is 16.0 Å². The second kappa shape index (κ2) is 5.45. The lowest BCUT2D eigenvalue weighted by atomic mass is 9.60. The molecule has 5 fully saturated rings. The fraction of sp³-hybridized carbons (Fsp3) is 0.824. The Morgan fingerprint density at radius 3 is 2.78 bits per heavy atom. The van der Waals surface area contributed by atoms with Crippen molar-refractivity contribution in [2.45, 2.75) is 44.2 Å². The third-order valence-corrected chi connectivity index (χ3v) is 6.43. The third-order valence-electron chi connectivity index (χ3n) is 6.43. The molecule has 5 atom stereocenters. The number of fused-ring (bicyclic) bond motifs is 6. The molecule has 5 saturated heterocycles. The molecule has 1 radical (unpaired) electrons. The van der Waals surface area contributed by atoms with Crippen LogP contribution in [0.2, 0.25) is 0 Å². The van der Waals surface area contributed by atoms with Crippen LogP contribution in [0.1, 0.15) is 32.1 Å². The molecule has 0 aromatic heterocycles. The van der Waals surface area contributed by atoms with Crippen LogP contribution in [0.5, 0.6) is 0 Å². The summed E-state index contributed by atoms with van der Waals surface area (Å²) in [5.74, 6) is 0.263. The molecule has 6 heteroatoms. The van der Waals surface area contributed by atoms with E-state index >= 15 is 0 Å². The molecule has 4 bridgehead atoms. The lowest BCUT2D eigenvalue weighted by molar-refractivity contribution is -0.144. The summed E-state index contributed by atoms with van der Waals surface area (Å²) < 4.78 is 0. The van der Waals surface area contributed by atoms with E-state index in [0.717, 1.165) is 32.1 Å². The van der Waals surface area contributed by atoms with Gasteiger partial charge in [0.25, 0.3) is 0 Å². The van der Waals surface area contributed by atoms with Crippen LogP contribution in [0.25, 0.3) is 0 Å². The van der Waals surface area contributed by atoms with Gasteiger partial charge in [-0.3, -0.25) is 9.59 Å². The first-order valence-electron chi connectivity index (χ1n) is 8.86. The minimum absolute atomic E-state index is 0.0164. The Kier molecular flexibility index (Phi) is 3.65. The van der Waals surface area contributed by atoms with Gasteiger partial charge in [0.15, 0.2) is 0 Å². The summed E-state index contributed by atoms with van der Waals surface area (Å²) in [5.41, 5.74) is -0.471. The van der Waals surface area contributed by atoms with Gasteiger partial charge in [-0.2, -0.15) is 0 Å². The SMILES string of the molecule is CN(C)C(=O)C1CC2CC[C](N2)C1C12CCC(CNC1=O)NC2. The van der Waals surface area contributed by atoms with Crippen LogP contribution < -0.4 is 16.0 Å². The molecule has 2 amide bonds. The van der Waals surface area contributed by atoms with Crippen molar-refractivity contribution >= 4 is 11.8 Å². The average molecular weight is 319 g/mol. The van der Waals surface area contributed by atoms with Crippen molar-refractivity contribution in [3.63, 3.8) is 0 Å². The molecule has 5 aliphatic heterocycles. The zero-order valence-corrected chi connectivity index (χ0v) is 14.0. The normalized spacial score (nSPS) is 43.1. The van der Waals surface area contributed by atoms with Gasteiger partial charge in [-0.05, 0) is 32.1 Å². The lowest BCUT2D eigenvalue weighted by Crippen LogP contribution is -2.60. The standard InChI is InChI=1S/C17H27N4O2/c1-21(2)15(22)12-7-10-3-4-13(20-10)14(12)17-6-5-11(19-9-17)8-18-16(17)23/h10-12,14,19-20H,3-9H2,1-2H3,(H,18,23). The van der Waals surface area contributed by atoms with Crippen molar-refractivity contribution < 1.29 is 9.59 Å². The zero-order chi connectivity index (χ0) is 16.2. The molecule has 0 spiro atoms. The van der Waals surface area contributed by atoms with Gasteiger partial charge in [-0.15, -0.1) is 0 Å². The van der Waals surface area contributed by atoms with Crippen LogP contribution in [0, 0.1) is 23.3 Å². The quantitative estimate of drug-likeness (QED) is 0.663. The minimum Gasteiger partial charge on any atom is -0.354 e. The number of hydrogen-bond acceptors (Lipinski definition) is 4. The molecule has 5 unspecified atom stereocenters. The zero-order valence-electron chi connectivity index (χ0n) is 14.0. The monoisotopic (exact) mass is 319 g/mol. The van der Waals surface area contributed by atoms with Gasteiger partial charge in [0.2, 0.25) is 11.8 Å². The van der Waals surface area contributed by atoms with Crippen molar-refractivity contribution in [1.82, 2.24) is 20.9 Å². The minimum atomic E-state index is -0.471. The Morgan fingerprint density at radius 1 is 1.26 bits per heavy atom. The smallest absolute Gasteiger partial charge is 0.227 e. The van der Waals surface area contributed by atoms with Gasteiger partial charge in [0.05, 0.1) is 5.41 Å². The molecule has 5 heterocycles. The van der Waals surface area contributed by atoms with Crippen molar-refractivity contribution in [1.29, 1.82) is 0 Å². The van der Waals surface area contributed by atoms with E-state index in [1.807, 2.05) is 14.1 Å². The highest BCUT2D eigenvalue weighted by Gasteiger charge is 2.59. The molecule has 127 valence electrons. The maximum Gasteiger partial charge on any atom is 0.227 e.